The summed E-state index contributed by atoms with van der Waals surface area (Å²) in [5.41, 5.74) is -0.0874. The molecule has 2 unspecified atom stereocenters. The first kappa shape index (κ1) is 16.7. The zero-order chi connectivity index (χ0) is 17.1. The summed E-state index contributed by atoms with van der Waals surface area (Å²) in [5.74, 6) is -0.933. The SMILES string of the molecule is O=C(NCC(=O)N1CCC(N2CCC(O)C2)C1)c1ncccc1O. The number of likely N-dealkylation sites (tertiary alicyclic amines) is 2. The van der Waals surface area contributed by atoms with Crippen LogP contribution in [-0.2, 0) is 4.79 Å². The molecule has 2 atom stereocenters. The lowest BCUT2D eigenvalue weighted by Gasteiger charge is -2.23. The number of nitrogens with one attached hydrogen (secondary N) is 1. The number of aliphatic hydroxyl groups excluding tert-OH is 1. The van der Waals surface area contributed by atoms with Gasteiger partial charge >= 0.3 is 0 Å². The van der Waals surface area contributed by atoms with E-state index in [0.717, 1.165) is 19.4 Å². The monoisotopic (exact) mass is 334 g/mol. The van der Waals surface area contributed by atoms with Gasteiger partial charge in [0, 0.05) is 38.4 Å². The summed E-state index contributed by atoms with van der Waals surface area (Å²) in [7, 11) is 0. The molecule has 0 aromatic carbocycles. The molecule has 130 valence electrons. The van der Waals surface area contributed by atoms with Gasteiger partial charge in [0.25, 0.3) is 5.91 Å². The molecule has 0 radical (unpaired) electrons. The van der Waals surface area contributed by atoms with Crippen molar-refractivity contribution in [3.05, 3.63) is 24.0 Å². The van der Waals surface area contributed by atoms with Crippen LogP contribution in [0.5, 0.6) is 5.75 Å². The lowest BCUT2D eigenvalue weighted by molar-refractivity contribution is -0.129. The predicted molar refractivity (Wildman–Crippen MR) is 85.4 cm³/mol. The van der Waals surface area contributed by atoms with E-state index >= 15 is 0 Å². The van der Waals surface area contributed by atoms with Gasteiger partial charge in [-0.25, -0.2) is 4.98 Å². The molecule has 1 aromatic heterocycles. The molecular formula is C16H22N4O4. The number of amides is 2. The second-order valence-electron chi connectivity index (χ2n) is 6.27. The summed E-state index contributed by atoms with van der Waals surface area (Å²) in [6, 6.07) is 3.18. The van der Waals surface area contributed by atoms with Crippen molar-refractivity contribution < 1.29 is 19.8 Å². The van der Waals surface area contributed by atoms with E-state index in [-0.39, 0.29) is 36.0 Å². The molecule has 0 bridgehead atoms. The minimum absolute atomic E-state index is 0.0874. The number of aromatic nitrogens is 1. The minimum Gasteiger partial charge on any atom is -0.505 e. The van der Waals surface area contributed by atoms with Crippen LogP contribution >= 0.6 is 0 Å². The van der Waals surface area contributed by atoms with E-state index in [4.69, 9.17) is 0 Å². The van der Waals surface area contributed by atoms with E-state index < -0.39 is 5.91 Å². The topological polar surface area (TPSA) is 106 Å². The standard InChI is InChI=1S/C16H22N4O4/c21-12-4-7-19(10-12)11-3-6-20(9-11)14(23)8-18-16(24)15-13(22)2-1-5-17-15/h1-2,5,11-12,21-22H,3-4,6-10H2,(H,18,24). The van der Waals surface area contributed by atoms with E-state index in [1.165, 1.54) is 18.3 Å². The number of aromatic hydroxyl groups is 1. The predicted octanol–water partition coefficient (Wildman–Crippen LogP) is -0.815. The number of nitrogens with zero attached hydrogens (tertiary/aromatic N) is 3. The number of pyridine rings is 1. The van der Waals surface area contributed by atoms with E-state index in [1.54, 1.807) is 4.90 Å². The molecule has 24 heavy (non-hydrogen) atoms. The zero-order valence-electron chi connectivity index (χ0n) is 13.4. The quantitative estimate of drug-likeness (QED) is 0.665. The zero-order valence-corrected chi connectivity index (χ0v) is 13.4. The number of carbonyl (C=O) groups excluding carboxylic acids is 2. The van der Waals surface area contributed by atoms with Crippen molar-refractivity contribution in [3.8, 4) is 5.75 Å². The molecule has 0 saturated carbocycles. The van der Waals surface area contributed by atoms with Crippen LogP contribution < -0.4 is 5.32 Å². The molecule has 8 nitrogen and oxygen atoms in total. The van der Waals surface area contributed by atoms with Crippen molar-refractivity contribution in [2.75, 3.05) is 32.7 Å². The molecule has 2 aliphatic heterocycles. The molecule has 3 rings (SSSR count). The number of hydrogen-bond acceptors (Lipinski definition) is 6. The van der Waals surface area contributed by atoms with Crippen molar-refractivity contribution >= 4 is 11.8 Å². The highest BCUT2D eigenvalue weighted by Gasteiger charge is 2.33. The second-order valence-corrected chi connectivity index (χ2v) is 6.27. The van der Waals surface area contributed by atoms with Crippen LogP contribution in [0.2, 0.25) is 0 Å². The van der Waals surface area contributed by atoms with Gasteiger partial charge in [-0.05, 0) is 25.0 Å². The Morgan fingerprint density at radius 1 is 1.29 bits per heavy atom. The van der Waals surface area contributed by atoms with E-state index in [1.807, 2.05) is 0 Å². The van der Waals surface area contributed by atoms with Crippen molar-refractivity contribution in [1.82, 2.24) is 20.1 Å². The van der Waals surface area contributed by atoms with Gasteiger partial charge in [-0.15, -0.1) is 0 Å². The Bertz CT molecular complexity index is 624. The molecule has 2 aliphatic rings. The number of β-amino-alcohol motifs (C(OH)–C–C–N with tert-alkyl or cyclic N) is 1. The van der Waals surface area contributed by atoms with Gasteiger partial charge in [-0.2, -0.15) is 0 Å². The Hall–Kier alpha value is -2.19. The third-order valence-corrected chi connectivity index (χ3v) is 4.63. The summed E-state index contributed by atoms with van der Waals surface area (Å²) >= 11 is 0. The Labute approximate surface area is 140 Å². The van der Waals surface area contributed by atoms with E-state index in [9.17, 15) is 19.8 Å². The summed E-state index contributed by atoms with van der Waals surface area (Å²) < 4.78 is 0. The number of hydrogen-bond donors (Lipinski definition) is 3. The Morgan fingerprint density at radius 2 is 2.12 bits per heavy atom. The van der Waals surface area contributed by atoms with Crippen LogP contribution in [0, 0.1) is 0 Å². The summed E-state index contributed by atoms with van der Waals surface area (Å²) in [4.78, 5) is 32.0. The fourth-order valence-electron chi connectivity index (χ4n) is 3.29. The third kappa shape index (κ3) is 3.65. The van der Waals surface area contributed by atoms with Crippen molar-refractivity contribution in [3.63, 3.8) is 0 Å². The molecule has 0 aliphatic carbocycles. The summed E-state index contributed by atoms with van der Waals surface area (Å²) in [5, 5.41) is 21.7. The largest absolute Gasteiger partial charge is 0.505 e. The van der Waals surface area contributed by atoms with Crippen molar-refractivity contribution in [1.29, 1.82) is 0 Å². The summed E-state index contributed by atoms with van der Waals surface area (Å²) in [6.45, 7) is 2.69. The molecule has 0 spiro atoms. The third-order valence-electron chi connectivity index (χ3n) is 4.63. The fourth-order valence-corrected chi connectivity index (χ4v) is 3.29. The Morgan fingerprint density at radius 3 is 2.83 bits per heavy atom. The van der Waals surface area contributed by atoms with Crippen LogP contribution in [-0.4, -0.2) is 81.7 Å². The minimum atomic E-state index is -0.570. The molecule has 2 amide bonds. The molecule has 3 heterocycles. The smallest absolute Gasteiger partial charge is 0.274 e. The van der Waals surface area contributed by atoms with Crippen LogP contribution in [0.15, 0.2) is 18.3 Å². The Kier molecular flexibility index (Phi) is 4.96. The molecule has 2 saturated heterocycles. The molecule has 2 fully saturated rings. The van der Waals surface area contributed by atoms with Crippen LogP contribution in [0.25, 0.3) is 0 Å². The maximum atomic E-state index is 12.3. The summed E-state index contributed by atoms with van der Waals surface area (Å²) in [6.07, 6.45) is 2.81. The average Bonchev–Trinajstić information content (AvgIpc) is 3.21. The Balaban J connectivity index is 1.48. The van der Waals surface area contributed by atoms with Gasteiger partial charge in [-0.1, -0.05) is 0 Å². The van der Waals surface area contributed by atoms with Crippen LogP contribution in [0.4, 0.5) is 0 Å². The van der Waals surface area contributed by atoms with E-state index in [0.29, 0.717) is 19.6 Å². The highest BCUT2D eigenvalue weighted by atomic mass is 16.3. The highest BCUT2D eigenvalue weighted by Crippen LogP contribution is 2.20. The molecule has 8 heteroatoms. The lowest BCUT2D eigenvalue weighted by Crippen LogP contribution is -2.42. The van der Waals surface area contributed by atoms with Gasteiger partial charge in [0.1, 0.15) is 5.75 Å². The van der Waals surface area contributed by atoms with Gasteiger partial charge < -0.3 is 20.4 Å². The van der Waals surface area contributed by atoms with Gasteiger partial charge in [0.2, 0.25) is 5.91 Å². The first-order valence-electron chi connectivity index (χ1n) is 8.16. The number of rotatable bonds is 4. The van der Waals surface area contributed by atoms with Gasteiger partial charge in [-0.3, -0.25) is 14.5 Å². The van der Waals surface area contributed by atoms with Gasteiger partial charge in [0.05, 0.1) is 12.6 Å². The average molecular weight is 334 g/mol. The highest BCUT2D eigenvalue weighted by molar-refractivity contribution is 5.96. The van der Waals surface area contributed by atoms with Crippen LogP contribution in [0.1, 0.15) is 23.3 Å². The normalized spacial score (nSPS) is 24.3. The van der Waals surface area contributed by atoms with Gasteiger partial charge in [0.15, 0.2) is 5.69 Å². The van der Waals surface area contributed by atoms with E-state index in [2.05, 4.69) is 15.2 Å². The number of aliphatic hydroxyl groups is 1. The number of carbonyl (C=O) groups is 2. The van der Waals surface area contributed by atoms with Crippen LogP contribution in [0.3, 0.4) is 0 Å². The lowest BCUT2D eigenvalue weighted by atomic mass is 10.2. The first-order chi connectivity index (χ1) is 11.5. The maximum Gasteiger partial charge on any atom is 0.274 e. The second kappa shape index (κ2) is 7.14. The first-order valence-corrected chi connectivity index (χ1v) is 8.16. The van der Waals surface area contributed by atoms with Crippen molar-refractivity contribution in [2.45, 2.75) is 25.0 Å². The fraction of sp³-hybridized carbons (Fsp3) is 0.562. The molecule has 1 aromatic rings. The maximum absolute atomic E-state index is 12.3. The molecule has 3 N–H and O–H groups in total. The molecular weight excluding hydrogens is 312 g/mol. The van der Waals surface area contributed by atoms with Crippen molar-refractivity contribution in [2.24, 2.45) is 0 Å².